The zero-order chi connectivity index (χ0) is 14.1. The molecule has 1 aliphatic rings. The summed E-state index contributed by atoms with van der Waals surface area (Å²) in [6, 6.07) is 8.28. The van der Waals surface area contributed by atoms with Crippen molar-refractivity contribution < 1.29 is 9.66 Å². The lowest BCUT2D eigenvalue weighted by Gasteiger charge is -2.07. The molecule has 0 amide bonds. The van der Waals surface area contributed by atoms with Crippen molar-refractivity contribution in [1.82, 2.24) is 4.98 Å². The molecule has 0 N–H and O–H groups in total. The molecule has 1 aromatic carbocycles. The minimum Gasteiger partial charge on any atom is -0.439 e. The quantitative estimate of drug-likeness (QED) is 0.488. The van der Waals surface area contributed by atoms with Gasteiger partial charge >= 0.3 is 0 Å². The molecule has 0 radical (unpaired) electrons. The summed E-state index contributed by atoms with van der Waals surface area (Å²) in [6.07, 6.45) is 3.28. The van der Waals surface area contributed by atoms with E-state index in [1.54, 1.807) is 0 Å². The highest BCUT2D eigenvalue weighted by Gasteiger charge is 2.14. The fourth-order valence-corrected chi connectivity index (χ4v) is 2.55. The minimum absolute atomic E-state index is 0.0374. The van der Waals surface area contributed by atoms with Gasteiger partial charge in [-0.25, -0.2) is 4.98 Å². The van der Waals surface area contributed by atoms with Crippen LogP contribution in [0.5, 0.6) is 11.6 Å². The van der Waals surface area contributed by atoms with E-state index in [9.17, 15) is 10.1 Å². The number of rotatable bonds is 3. The van der Waals surface area contributed by atoms with Gasteiger partial charge in [-0.3, -0.25) is 10.1 Å². The third-order valence-corrected chi connectivity index (χ3v) is 3.45. The first kappa shape index (κ1) is 12.9. The number of fused-ring (bicyclic) bond motifs is 1. The molecule has 0 unspecified atom stereocenters. The van der Waals surface area contributed by atoms with Crippen LogP contribution in [0.25, 0.3) is 0 Å². The number of hydrogen-bond donors (Lipinski definition) is 0. The van der Waals surface area contributed by atoms with E-state index in [0.717, 1.165) is 19.3 Å². The largest absolute Gasteiger partial charge is 0.439 e. The normalized spacial score (nSPS) is 13.1. The molecular formula is C14H11ClN2O3. The Morgan fingerprint density at radius 2 is 2.00 bits per heavy atom. The summed E-state index contributed by atoms with van der Waals surface area (Å²) >= 11 is 5.76. The Balaban J connectivity index is 1.89. The summed E-state index contributed by atoms with van der Waals surface area (Å²) < 4.78 is 5.58. The lowest BCUT2D eigenvalue weighted by atomic mass is 10.1. The lowest BCUT2D eigenvalue weighted by Crippen LogP contribution is -1.94. The maximum absolute atomic E-state index is 10.8. The second-order valence-corrected chi connectivity index (χ2v) is 5.02. The number of benzene rings is 1. The van der Waals surface area contributed by atoms with Crippen LogP contribution in [0, 0.1) is 10.1 Å². The Hall–Kier alpha value is -2.14. The molecule has 1 heterocycles. The van der Waals surface area contributed by atoms with Crippen LogP contribution in [-0.2, 0) is 12.8 Å². The summed E-state index contributed by atoms with van der Waals surface area (Å²) in [7, 11) is 0. The molecule has 0 bridgehead atoms. The molecular weight excluding hydrogens is 280 g/mol. The first-order chi connectivity index (χ1) is 9.61. The molecule has 1 aliphatic carbocycles. The van der Waals surface area contributed by atoms with Gasteiger partial charge in [-0.05, 0) is 42.5 Å². The molecule has 5 nitrogen and oxygen atoms in total. The fourth-order valence-electron chi connectivity index (χ4n) is 2.35. The number of aryl methyl sites for hydroxylation is 2. The number of aromatic nitrogens is 1. The molecule has 6 heteroatoms. The highest BCUT2D eigenvalue weighted by Crippen LogP contribution is 2.30. The minimum atomic E-state index is -0.525. The number of pyridine rings is 1. The second-order valence-electron chi connectivity index (χ2n) is 4.63. The average Bonchev–Trinajstić information content (AvgIpc) is 2.85. The van der Waals surface area contributed by atoms with Crippen LogP contribution < -0.4 is 4.74 Å². The standard InChI is InChI=1S/C14H11ClN2O3/c15-13-7-11(17(18)19)8-14(16-13)20-12-5-4-9-2-1-3-10(9)6-12/h4-8H,1-3H2. The molecule has 0 aliphatic heterocycles. The number of hydrogen-bond acceptors (Lipinski definition) is 4. The number of nitro groups is 1. The van der Waals surface area contributed by atoms with Gasteiger partial charge in [-0.15, -0.1) is 0 Å². The van der Waals surface area contributed by atoms with E-state index >= 15 is 0 Å². The van der Waals surface area contributed by atoms with Gasteiger partial charge in [0.2, 0.25) is 5.88 Å². The van der Waals surface area contributed by atoms with E-state index in [4.69, 9.17) is 16.3 Å². The van der Waals surface area contributed by atoms with Crippen LogP contribution in [0.1, 0.15) is 17.5 Å². The van der Waals surface area contributed by atoms with E-state index in [-0.39, 0.29) is 16.7 Å². The Morgan fingerprint density at radius 3 is 2.80 bits per heavy atom. The molecule has 102 valence electrons. The van der Waals surface area contributed by atoms with Crippen molar-refractivity contribution in [3.05, 3.63) is 56.7 Å². The van der Waals surface area contributed by atoms with Crippen molar-refractivity contribution in [3.8, 4) is 11.6 Å². The van der Waals surface area contributed by atoms with E-state index in [1.807, 2.05) is 18.2 Å². The van der Waals surface area contributed by atoms with Gasteiger partial charge in [0.15, 0.2) is 0 Å². The van der Waals surface area contributed by atoms with Crippen molar-refractivity contribution in [1.29, 1.82) is 0 Å². The van der Waals surface area contributed by atoms with Crippen LogP contribution in [0.2, 0.25) is 5.15 Å². The molecule has 1 aromatic heterocycles. The van der Waals surface area contributed by atoms with Gasteiger partial charge in [-0.1, -0.05) is 17.7 Å². The third-order valence-electron chi connectivity index (χ3n) is 3.26. The SMILES string of the molecule is O=[N+]([O-])c1cc(Cl)nc(Oc2ccc3c(c2)CCC3)c1. The summed E-state index contributed by atoms with van der Waals surface area (Å²) in [6.45, 7) is 0. The van der Waals surface area contributed by atoms with Crippen LogP contribution in [-0.4, -0.2) is 9.91 Å². The van der Waals surface area contributed by atoms with Crippen LogP contribution in [0.4, 0.5) is 5.69 Å². The first-order valence-electron chi connectivity index (χ1n) is 6.23. The monoisotopic (exact) mass is 290 g/mol. The Morgan fingerprint density at radius 1 is 1.20 bits per heavy atom. The smallest absolute Gasteiger partial charge is 0.277 e. The highest BCUT2D eigenvalue weighted by molar-refractivity contribution is 6.29. The van der Waals surface area contributed by atoms with Crippen molar-refractivity contribution in [3.63, 3.8) is 0 Å². The predicted octanol–water partition coefficient (Wildman–Crippen LogP) is 3.92. The van der Waals surface area contributed by atoms with Crippen molar-refractivity contribution in [2.45, 2.75) is 19.3 Å². The molecule has 0 atom stereocenters. The molecule has 0 fully saturated rings. The van der Waals surface area contributed by atoms with Gasteiger partial charge in [0, 0.05) is 0 Å². The second kappa shape index (κ2) is 5.09. The van der Waals surface area contributed by atoms with Gasteiger partial charge < -0.3 is 4.74 Å². The number of halogens is 1. The zero-order valence-electron chi connectivity index (χ0n) is 10.5. The molecule has 3 rings (SSSR count). The van der Waals surface area contributed by atoms with E-state index < -0.39 is 4.92 Å². The predicted molar refractivity (Wildman–Crippen MR) is 74.4 cm³/mol. The maximum atomic E-state index is 10.8. The van der Waals surface area contributed by atoms with Crippen molar-refractivity contribution >= 4 is 17.3 Å². The van der Waals surface area contributed by atoms with E-state index in [1.165, 1.54) is 23.3 Å². The molecule has 20 heavy (non-hydrogen) atoms. The van der Waals surface area contributed by atoms with Crippen molar-refractivity contribution in [2.75, 3.05) is 0 Å². The van der Waals surface area contributed by atoms with Crippen LogP contribution in [0.3, 0.4) is 0 Å². The summed E-state index contributed by atoms with van der Waals surface area (Å²) in [4.78, 5) is 14.2. The lowest BCUT2D eigenvalue weighted by molar-refractivity contribution is -0.385. The molecule has 2 aromatic rings. The molecule has 0 spiro atoms. The van der Waals surface area contributed by atoms with E-state index in [2.05, 4.69) is 4.98 Å². The summed E-state index contributed by atoms with van der Waals surface area (Å²) in [5, 5.41) is 10.8. The molecule has 0 saturated carbocycles. The zero-order valence-corrected chi connectivity index (χ0v) is 11.3. The van der Waals surface area contributed by atoms with Gasteiger partial charge in [0.1, 0.15) is 10.9 Å². The number of nitrogens with zero attached hydrogens (tertiary/aromatic N) is 2. The van der Waals surface area contributed by atoms with Crippen molar-refractivity contribution in [2.24, 2.45) is 0 Å². The highest BCUT2D eigenvalue weighted by atomic mass is 35.5. The van der Waals surface area contributed by atoms with E-state index in [0.29, 0.717) is 5.75 Å². The average molecular weight is 291 g/mol. The van der Waals surface area contributed by atoms with Crippen LogP contribution >= 0.6 is 11.6 Å². The third kappa shape index (κ3) is 2.58. The maximum Gasteiger partial charge on any atom is 0.277 e. The van der Waals surface area contributed by atoms with Crippen LogP contribution in [0.15, 0.2) is 30.3 Å². The van der Waals surface area contributed by atoms with Gasteiger partial charge in [0.05, 0.1) is 17.1 Å². The van der Waals surface area contributed by atoms with Gasteiger partial charge in [-0.2, -0.15) is 0 Å². The topological polar surface area (TPSA) is 65.3 Å². The first-order valence-corrected chi connectivity index (χ1v) is 6.61. The molecule has 0 saturated heterocycles. The summed E-state index contributed by atoms with van der Waals surface area (Å²) in [5.41, 5.74) is 2.46. The van der Waals surface area contributed by atoms with Gasteiger partial charge in [0.25, 0.3) is 5.69 Å². The Kier molecular flexibility index (Phi) is 3.28. The summed E-state index contributed by atoms with van der Waals surface area (Å²) in [5.74, 6) is 0.747. The Bertz CT molecular complexity index is 688. The Labute approximate surface area is 120 Å². The number of ether oxygens (including phenoxy) is 1. The fraction of sp³-hybridized carbons (Fsp3) is 0.214.